The normalized spacial score (nSPS) is 19.7. The van der Waals surface area contributed by atoms with Crippen LogP contribution < -0.4 is 10.6 Å². The van der Waals surface area contributed by atoms with Crippen molar-refractivity contribution in [2.75, 3.05) is 37.4 Å². The van der Waals surface area contributed by atoms with Gasteiger partial charge in [0.25, 0.3) is 0 Å². The van der Waals surface area contributed by atoms with Gasteiger partial charge in [0.1, 0.15) is 0 Å². The van der Waals surface area contributed by atoms with E-state index in [4.69, 9.17) is 10.5 Å². The molecular weight excluding hydrogens is 302 g/mol. The predicted octanol–water partition coefficient (Wildman–Crippen LogP) is 0.804. The molecule has 0 amide bonds. The van der Waals surface area contributed by atoms with Crippen molar-refractivity contribution in [1.29, 1.82) is 0 Å². The molecule has 1 aromatic heterocycles. The molecule has 1 unspecified atom stereocenters. The highest BCUT2D eigenvalue weighted by molar-refractivity contribution is 9.10. The number of methoxy groups -OCH3 is 1. The third-order valence-corrected chi connectivity index (χ3v) is 3.13. The summed E-state index contributed by atoms with van der Waals surface area (Å²) < 4.78 is 10.8. The maximum atomic E-state index is 11.4. The zero-order chi connectivity index (χ0) is 13.1. The molecule has 98 valence electrons. The molecule has 1 aromatic rings. The van der Waals surface area contributed by atoms with Crippen molar-refractivity contribution < 1.29 is 14.3 Å². The molecule has 0 bridgehead atoms. The molecule has 18 heavy (non-hydrogen) atoms. The third kappa shape index (κ3) is 2.73. The lowest BCUT2D eigenvalue weighted by atomic mass is 10.2. The summed E-state index contributed by atoms with van der Waals surface area (Å²) in [5.41, 5.74) is 6.48. The zero-order valence-electron chi connectivity index (χ0n) is 9.93. The minimum atomic E-state index is -0.589. The molecule has 2 rings (SSSR count). The molecule has 0 aliphatic carbocycles. The number of hydrogen-bond donors (Lipinski definition) is 1. The largest absolute Gasteiger partial charge is 0.467 e. The van der Waals surface area contributed by atoms with Gasteiger partial charge in [0, 0.05) is 17.2 Å². The molecule has 0 spiro atoms. The maximum absolute atomic E-state index is 11.4. The van der Waals surface area contributed by atoms with E-state index in [2.05, 4.69) is 25.7 Å². The minimum absolute atomic E-state index is 0.379. The van der Waals surface area contributed by atoms with E-state index in [1.165, 1.54) is 7.11 Å². The summed E-state index contributed by atoms with van der Waals surface area (Å²) in [7, 11) is 1.34. The van der Waals surface area contributed by atoms with E-state index in [-0.39, 0.29) is 5.97 Å². The Morgan fingerprint density at radius 2 is 2.50 bits per heavy atom. The predicted molar refractivity (Wildman–Crippen MR) is 70.3 cm³/mol. The average molecular weight is 316 g/mol. The number of rotatable bonds is 2. The molecule has 0 radical (unpaired) electrons. The molecule has 7 heteroatoms. The number of nitrogen functional groups attached to an aromatic ring is 1. The van der Waals surface area contributed by atoms with Crippen molar-refractivity contribution >= 4 is 33.4 Å². The van der Waals surface area contributed by atoms with Crippen molar-refractivity contribution in [1.82, 2.24) is 4.98 Å². The molecule has 1 atom stereocenters. The first-order valence-corrected chi connectivity index (χ1v) is 6.26. The van der Waals surface area contributed by atoms with E-state index >= 15 is 0 Å². The van der Waals surface area contributed by atoms with Gasteiger partial charge in [-0.3, -0.25) is 0 Å². The molecule has 2 heterocycles. The van der Waals surface area contributed by atoms with E-state index in [0.29, 0.717) is 31.2 Å². The van der Waals surface area contributed by atoms with Crippen molar-refractivity contribution in [3.63, 3.8) is 0 Å². The van der Waals surface area contributed by atoms with Crippen LogP contribution in [0.15, 0.2) is 16.7 Å². The van der Waals surface area contributed by atoms with Gasteiger partial charge in [-0.2, -0.15) is 0 Å². The van der Waals surface area contributed by atoms with Crippen LogP contribution in [0.2, 0.25) is 0 Å². The maximum Gasteiger partial charge on any atom is 0.336 e. The van der Waals surface area contributed by atoms with Gasteiger partial charge in [0.05, 0.1) is 25.9 Å². The molecule has 0 saturated carbocycles. The number of nitrogens with zero attached hydrogens (tertiary/aromatic N) is 2. The van der Waals surface area contributed by atoms with Crippen LogP contribution in [0, 0.1) is 0 Å². The van der Waals surface area contributed by atoms with E-state index in [9.17, 15) is 4.79 Å². The first-order chi connectivity index (χ1) is 8.61. The Bertz CT molecular complexity index is 455. The Hall–Kier alpha value is -1.34. The van der Waals surface area contributed by atoms with Crippen LogP contribution in [0.25, 0.3) is 0 Å². The first kappa shape index (κ1) is 13.1. The summed E-state index contributed by atoms with van der Waals surface area (Å²) in [6.07, 6.45) is 1.09. The standard InChI is InChI=1S/C11H14BrN3O3/c1-17-11(16)9-6-15(2-3-18-9)10-8(13)4-7(12)5-14-10/h4-5,9H,2-3,6,13H2,1H3. The number of anilines is 2. The van der Waals surface area contributed by atoms with Crippen molar-refractivity contribution in [2.24, 2.45) is 0 Å². The van der Waals surface area contributed by atoms with Crippen LogP contribution >= 0.6 is 15.9 Å². The highest BCUT2D eigenvalue weighted by Gasteiger charge is 2.28. The summed E-state index contributed by atoms with van der Waals surface area (Å²) in [5, 5.41) is 0. The number of halogens is 1. The summed E-state index contributed by atoms with van der Waals surface area (Å²) in [4.78, 5) is 17.6. The van der Waals surface area contributed by atoms with E-state index in [1.807, 2.05) is 4.90 Å². The topological polar surface area (TPSA) is 77.7 Å². The quantitative estimate of drug-likeness (QED) is 0.814. The first-order valence-electron chi connectivity index (χ1n) is 5.47. The molecular formula is C11H14BrN3O3. The van der Waals surface area contributed by atoms with Crippen LogP contribution in [-0.4, -0.2) is 43.9 Å². The number of esters is 1. The molecule has 1 aliphatic rings. The lowest BCUT2D eigenvalue weighted by molar-refractivity contribution is -0.154. The fraction of sp³-hybridized carbons (Fsp3) is 0.455. The zero-order valence-corrected chi connectivity index (χ0v) is 11.5. The average Bonchev–Trinajstić information content (AvgIpc) is 2.38. The van der Waals surface area contributed by atoms with E-state index in [1.54, 1.807) is 12.3 Å². The van der Waals surface area contributed by atoms with E-state index in [0.717, 1.165) is 4.47 Å². The highest BCUT2D eigenvalue weighted by Crippen LogP contribution is 2.25. The van der Waals surface area contributed by atoms with Crippen LogP contribution in [0.3, 0.4) is 0 Å². The van der Waals surface area contributed by atoms with Gasteiger partial charge in [-0.15, -0.1) is 0 Å². The number of carbonyl (C=O) groups is 1. The molecule has 6 nitrogen and oxygen atoms in total. The number of aromatic nitrogens is 1. The molecule has 1 saturated heterocycles. The van der Waals surface area contributed by atoms with Crippen LogP contribution in [0.1, 0.15) is 0 Å². The van der Waals surface area contributed by atoms with Gasteiger partial charge in [-0.1, -0.05) is 0 Å². The summed E-state index contributed by atoms with van der Waals surface area (Å²) in [6.45, 7) is 1.48. The second kappa shape index (κ2) is 5.53. The Kier molecular flexibility index (Phi) is 4.03. The number of nitrogens with two attached hydrogens (primary N) is 1. The fourth-order valence-electron chi connectivity index (χ4n) is 1.83. The van der Waals surface area contributed by atoms with Crippen molar-refractivity contribution in [3.05, 3.63) is 16.7 Å². The summed E-state index contributed by atoms with van der Waals surface area (Å²) >= 11 is 3.31. The van der Waals surface area contributed by atoms with Gasteiger partial charge >= 0.3 is 5.97 Å². The summed E-state index contributed by atoms with van der Waals surface area (Å²) in [6, 6.07) is 1.78. The van der Waals surface area contributed by atoms with Gasteiger partial charge in [0.2, 0.25) is 0 Å². The van der Waals surface area contributed by atoms with Crippen LogP contribution in [0.5, 0.6) is 0 Å². The summed E-state index contributed by atoms with van der Waals surface area (Å²) in [5.74, 6) is 0.283. The Labute approximate surface area is 113 Å². The third-order valence-electron chi connectivity index (χ3n) is 2.69. The minimum Gasteiger partial charge on any atom is -0.467 e. The molecule has 0 aromatic carbocycles. The van der Waals surface area contributed by atoms with Gasteiger partial charge in [0.15, 0.2) is 11.9 Å². The van der Waals surface area contributed by atoms with Gasteiger partial charge < -0.3 is 20.1 Å². The SMILES string of the molecule is COC(=O)C1CN(c2ncc(Br)cc2N)CCO1. The van der Waals surface area contributed by atoms with Gasteiger partial charge in [-0.25, -0.2) is 9.78 Å². The highest BCUT2D eigenvalue weighted by atomic mass is 79.9. The lowest BCUT2D eigenvalue weighted by Gasteiger charge is -2.32. The second-order valence-electron chi connectivity index (χ2n) is 3.89. The van der Waals surface area contributed by atoms with E-state index < -0.39 is 6.10 Å². The lowest BCUT2D eigenvalue weighted by Crippen LogP contribution is -2.47. The molecule has 1 aliphatic heterocycles. The Morgan fingerprint density at radius 1 is 1.72 bits per heavy atom. The number of morpholine rings is 1. The van der Waals surface area contributed by atoms with Gasteiger partial charge in [-0.05, 0) is 22.0 Å². The second-order valence-corrected chi connectivity index (χ2v) is 4.81. The monoisotopic (exact) mass is 315 g/mol. The number of ether oxygens (including phenoxy) is 2. The Balaban J connectivity index is 2.15. The number of carbonyl (C=O) groups excluding carboxylic acids is 1. The molecule has 1 fully saturated rings. The molecule has 2 N–H and O–H groups in total. The number of hydrogen-bond acceptors (Lipinski definition) is 6. The van der Waals surface area contributed by atoms with Crippen LogP contribution in [-0.2, 0) is 14.3 Å². The van der Waals surface area contributed by atoms with Crippen molar-refractivity contribution in [3.8, 4) is 0 Å². The Morgan fingerprint density at radius 3 is 3.17 bits per heavy atom. The van der Waals surface area contributed by atoms with Crippen LogP contribution in [0.4, 0.5) is 11.5 Å². The smallest absolute Gasteiger partial charge is 0.336 e. The fourth-order valence-corrected chi connectivity index (χ4v) is 2.18. The number of pyridine rings is 1. The van der Waals surface area contributed by atoms with Crippen molar-refractivity contribution in [2.45, 2.75) is 6.10 Å².